The summed E-state index contributed by atoms with van der Waals surface area (Å²) < 4.78 is 5.77. The number of ether oxygens (including phenoxy) is 1. The minimum absolute atomic E-state index is 0.467. The Morgan fingerprint density at radius 1 is 1.19 bits per heavy atom. The smallest absolute Gasteiger partial charge is 0.0472 e. The van der Waals surface area contributed by atoms with Gasteiger partial charge in [0.15, 0.2) is 0 Å². The number of rotatable bonds is 11. The summed E-state index contributed by atoms with van der Waals surface area (Å²) in [5.74, 6) is 1.18. The van der Waals surface area contributed by atoms with Gasteiger partial charge in [0.05, 0.1) is 0 Å². The summed E-state index contributed by atoms with van der Waals surface area (Å²) in [5, 5.41) is 4.33. The number of halogens is 1. The van der Waals surface area contributed by atoms with Crippen molar-refractivity contribution < 1.29 is 4.74 Å². The van der Waals surface area contributed by atoms with E-state index in [4.69, 9.17) is 16.3 Å². The molecule has 0 aliphatic carbocycles. The average Bonchev–Trinajstić information content (AvgIpc) is 2.45. The number of nitrogens with one attached hydrogen (secondary N) is 1. The second kappa shape index (κ2) is 11.1. The first-order valence-corrected chi connectivity index (χ1v) is 8.55. The standard InChI is InChI=1S/C18H30ClNO/c1-4-10-20-14-17(9-12-21-11-8-15(2)3)16-6-5-7-18(19)13-16/h5-7,13,15,17,20H,4,8-12,14H2,1-3H3. The molecule has 0 aromatic heterocycles. The Labute approximate surface area is 135 Å². The van der Waals surface area contributed by atoms with Crippen molar-refractivity contribution in [2.45, 2.75) is 46.0 Å². The van der Waals surface area contributed by atoms with Crippen molar-refractivity contribution in [2.24, 2.45) is 5.92 Å². The van der Waals surface area contributed by atoms with Crippen molar-refractivity contribution in [3.8, 4) is 0 Å². The molecule has 0 radical (unpaired) electrons. The SMILES string of the molecule is CCCNCC(CCOCCC(C)C)c1cccc(Cl)c1. The molecular formula is C18H30ClNO. The van der Waals surface area contributed by atoms with Crippen molar-refractivity contribution >= 4 is 11.6 Å². The summed E-state index contributed by atoms with van der Waals surface area (Å²) in [5.41, 5.74) is 1.30. The number of hydrogen-bond donors (Lipinski definition) is 1. The van der Waals surface area contributed by atoms with Gasteiger partial charge in [-0.05, 0) is 55.3 Å². The maximum Gasteiger partial charge on any atom is 0.0472 e. The molecule has 0 aliphatic heterocycles. The van der Waals surface area contributed by atoms with Crippen LogP contribution >= 0.6 is 11.6 Å². The van der Waals surface area contributed by atoms with Crippen LogP contribution in [-0.2, 0) is 4.74 Å². The Morgan fingerprint density at radius 2 is 1.95 bits per heavy atom. The lowest BCUT2D eigenvalue weighted by atomic mass is 9.96. The summed E-state index contributed by atoms with van der Waals surface area (Å²) in [6.07, 6.45) is 3.33. The highest BCUT2D eigenvalue weighted by molar-refractivity contribution is 6.30. The van der Waals surface area contributed by atoms with Crippen LogP contribution in [-0.4, -0.2) is 26.3 Å². The van der Waals surface area contributed by atoms with Crippen molar-refractivity contribution in [3.05, 3.63) is 34.9 Å². The van der Waals surface area contributed by atoms with Gasteiger partial charge in [0, 0.05) is 24.8 Å². The molecule has 21 heavy (non-hydrogen) atoms. The predicted molar refractivity (Wildman–Crippen MR) is 92.2 cm³/mol. The Hall–Kier alpha value is -0.570. The maximum absolute atomic E-state index is 6.12. The van der Waals surface area contributed by atoms with E-state index in [1.54, 1.807) is 0 Å². The monoisotopic (exact) mass is 311 g/mol. The van der Waals surface area contributed by atoms with Crippen molar-refractivity contribution in [1.29, 1.82) is 0 Å². The molecule has 1 N–H and O–H groups in total. The van der Waals surface area contributed by atoms with Crippen LogP contribution in [0.15, 0.2) is 24.3 Å². The van der Waals surface area contributed by atoms with Gasteiger partial charge in [-0.3, -0.25) is 0 Å². The fourth-order valence-electron chi connectivity index (χ4n) is 2.25. The normalized spacial score (nSPS) is 12.8. The lowest BCUT2D eigenvalue weighted by molar-refractivity contribution is 0.116. The minimum atomic E-state index is 0.467. The third-order valence-electron chi connectivity index (χ3n) is 3.59. The Kier molecular flexibility index (Phi) is 9.73. The van der Waals surface area contributed by atoms with Crippen molar-refractivity contribution in [2.75, 3.05) is 26.3 Å². The van der Waals surface area contributed by atoms with Crippen molar-refractivity contribution in [1.82, 2.24) is 5.32 Å². The fraction of sp³-hybridized carbons (Fsp3) is 0.667. The largest absolute Gasteiger partial charge is 0.381 e. The predicted octanol–water partition coefficient (Wildman–Crippen LogP) is 4.88. The van der Waals surface area contributed by atoms with Gasteiger partial charge >= 0.3 is 0 Å². The Morgan fingerprint density at radius 3 is 2.62 bits per heavy atom. The van der Waals surface area contributed by atoms with Gasteiger partial charge in [-0.1, -0.05) is 44.5 Å². The lowest BCUT2D eigenvalue weighted by Crippen LogP contribution is -2.23. The number of hydrogen-bond acceptors (Lipinski definition) is 2. The van der Waals surface area contributed by atoms with Gasteiger partial charge in [0.2, 0.25) is 0 Å². The van der Waals surface area contributed by atoms with Gasteiger partial charge < -0.3 is 10.1 Å². The van der Waals surface area contributed by atoms with E-state index in [-0.39, 0.29) is 0 Å². The number of benzene rings is 1. The molecule has 1 aromatic rings. The van der Waals surface area contributed by atoms with E-state index < -0.39 is 0 Å². The molecule has 0 saturated carbocycles. The highest BCUT2D eigenvalue weighted by Gasteiger charge is 2.11. The summed E-state index contributed by atoms with van der Waals surface area (Å²) in [6, 6.07) is 8.21. The molecule has 3 heteroatoms. The zero-order valence-corrected chi connectivity index (χ0v) is 14.5. The molecular weight excluding hydrogens is 282 g/mol. The molecule has 0 fully saturated rings. The van der Waals surface area contributed by atoms with E-state index in [0.29, 0.717) is 11.8 Å². The van der Waals surface area contributed by atoms with Crippen LogP contribution in [0.2, 0.25) is 5.02 Å². The van der Waals surface area contributed by atoms with Gasteiger partial charge in [0.25, 0.3) is 0 Å². The van der Waals surface area contributed by atoms with E-state index in [2.05, 4.69) is 38.2 Å². The van der Waals surface area contributed by atoms with E-state index in [1.165, 1.54) is 5.56 Å². The van der Waals surface area contributed by atoms with E-state index >= 15 is 0 Å². The lowest BCUT2D eigenvalue weighted by Gasteiger charge is -2.18. The molecule has 0 amide bonds. The molecule has 1 atom stereocenters. The van der Waals surface area contributed by atoms with Crippen LogP contribution < -0.4 is 5.32 Å². The van der Waals surface area contributed by atoms with Crippen LogP contribution in [0.4, 0.5) is 0 Å². The zero-order chi connectivity index (χ0) is 15.5. The molecule has 0 saturated heterocycles. The molecule has 1 rings (SSSR count). The molecule has 1 aromatic carbocycles. The summed E-state index contributed by atoms with van der Waals surface area (Å²) in [4.78, 5) is 0. The minimum Gasteiger partial charge on any atom is -0.381 e. The summed E-state index contributed by atoms with van der Waals surface area (Å²) in [7, 11) is 0. The van der Waals surface area contributed by atoms with Crippen LogP contribution in [0.5, 0.6) is 0 Å². The van der Waals surface area contributed by atoms with Gasteiger partial charge in [-0.25, -0.2) is 0 Å². The Balaban J connectivity index is 2.44. The van der Waals surface area contributed by atoms with E-state index in [9.17, 15) is 0 Å². The first-order valence-electron chi connectivity index (χ1n) is 8.17. The van der Waals surface area contributed by atoms with Gasteiger partial charge in [0.1, 0.15) is 0 Å². The maximum atomic E-state index is 6.12. The molecule has 120 valence electrons. The Bertz CT molecular complexity index is 381. The quantitative estimate of drug-likeness (QED) is 0.588. The van der Waals surface area contributed by atoms with Gasteiger partial charge in [-0.2, -0.15) is 0 Å². The molecule has 0 aliphatic rings. The molecule has 0 bridgehead atoms. The summed E-state index contributed by atoms with van der Waals surface area (Å²) >= 11 is 6.12. The molecule has 1 unspecified atom stereocenters. The highest BCUT2D eigenvalue weighted by atomic mass is 35.5. The fourth-order valence-corrected chi connectivity index (χ4v) is 2.45. The first kappa shape index (κ1) is 18.5. The van der Waals surface area contributed by atoms with Gasteiger partial charge in [-0.15, -0.1) is 0 Å². The highest BCUT2D eigenvalue weighted by Crippen LogP contribution is 2.22. The van der Waals surface area contributed by atoms with Crippen LogP contribution in [0.3, 0.4) is 0 Å². The van der Waals surface area contributed by atoms with Crippen LogP contribution in [0, 0.1) is 5.92 Å². The summed E-state index contributed by atoms with van der Waals surface area (Å²) in [6.45, 7) is 10.4. The third kappa shape index (κ3) is 8.45. The third-order valence-corrected chi connectivity index (χ3v) is 3.82. The molecule has 0 heterocycles. The van der Waals surface area contributed by atoms with Crippen molar-refractivity contribution in [3.63, 3.8) is 0 Å². The van der Waals surface area contributed by atoms with Crippen LogP contribution in [0.1, 0.15) is 51.5 Å². The second-order valence-electron chi connectivity index (χ2n) is 6.04. The second-order valence-corrected chi connectivity index (χ2v) is 6.48. The van der Waals surface area contributed by atoms with E-state index in [0.717, 1.165) is 50.6 Å². The molecule has 0 spiro atoms. The molecule has 2 nitrogen and oxygen atoms in total. The first-order chi connectivity index (χ1) is 10.1. The van der Waals surface area contributed by atoms with Crippen LogP contribution in [0.25, 0.3) is 0 Å². The average molecular weight is 312 g/mol. The van der Waals surface area contributed by atoms with E-state index in [1.807, 2.05) is 12.1 Å². The topological polar surface area (TPSA) is 21.3 Å². The zero-order valence-electron chi connectivity index (χ0n) is 13.7.